The number of rotatable bonds is 10. The van der Waals surface area contributed by atoms with Gasteiger partial charge >= 0.3 is 0 Å². The maximum Gasteiger partial charge on any atom is 0.296 e. The molecule has 1 unspecified atom stereocenters. The normalized spacial score (nSPS) is 20.3. The summed E-state index contributed by atoms with van der Waals surface area (Å²) in [5.41, 5.74) is -0.430. The number of para-hydroxylation sites is 1. The number of amides is 2. The SMILES string of the molecule is C=CCOc1ccc(/C(O)=C2/C(=O)C(=O)N(CCCN(C)C)C23C(=O)N(CCC)c2ccccc23)cc1. The second kappa shape index (κ2) is 10.6. The van der Waals surface area contributed by atoms with Gasteiger partial charge in [0, 0.05) is 24.2 Å². The second-order valence-corrected chi connectivity index (χ2v) is 9.47. The molecule has 0 aliphatic carbocycles. The molecule has 0 saturated carbocycles. The molecule has 2 heterocycles. The summed E-state index contributed by atoms with van der Waals surface area (Å²) in [5, 5.41) is 11.5. The molecule has 37 heavy (non-hydrogen) atoms. The highest BCUT2D eigenvalue weighted by molar-refractivity contribution is 6.50. The van der Waals surface area contributed by atoms with Crippen molar-refractivity contribution in [3.8, 4) is 5.75 Å². The summed E-state index contributed by atoms with van der Waals surface area (Å²) in [7, 11) is 3.84. The molecule has 0 aromatic heterocycles. The molecule has 2 aromatic carbocycles. The number of hydrogen-bond donors (Lipinski definition) is 1. The number of ketones is 1. The van der Waals surface area contributed by atoms with Crippen molar-refractivity contribution in [1.29, 1.82) is 0 Å². The zero-order chi connectivity index (χ0) is 26.7. The van der Waals surface area contributed by atoms with Crippen molar-refractivity contribution in [2.45, 2.75) is 25.3 Å². The third kappa shape index (κ3) is 4.31. The number of hydrogen-bond acceptors (Lipinski definition) is 6. The molecular weight excluding hydrogens is 470 g/mol. The Hall–Kier alpha value is -3.91. The Morgan fingerprint density at radius 2 is 1.78 bits per heavy atom. The van der Waals surface area contributed by atoms with Gasteiger partial charge in [-0.1, -0.05) is 37.8 Å². The van der Waals surface area contributed by atoms with Crippen LogP contribution in [0.4, 0.5) is 5.69 Å². The number of fused-ring (bicyclic) bond motifs is 2. The number of carbonyl (C=O) groups excluding carboxylic acids is 3. The molecule has 194 valence electrons. The molecule has 2 aromatic rings. The Morgan fingerprint density at radius 3 is 2.43 bits per heavy atom. The van der Waals surface area contributed by atoms with Gasteiger partial charge in [-0.15, -0.1) is 0 Å². The Morgan fingerprint density at radius 1 is 1.08 bits per heavy atom. The zero-order valence-electron chi connectivity index (χ0n) is 21.6. The first kappa shape index (κ1) is 26.2. The summed E-state index contributed by atoms with van der Waals surface area (Å²) >= 11 is 0. The molecule has 4 rings (SSSR count). The van der Waals surface area contributed by atoms with Crippen LogP contribution in [0.3, 0.4) is 0 Å². The van der Waals surface area contributed by atoms with E-state index in [-0.39, 0.29) is 17.9 Å². The molecular formula is C29H33N3O5. The average molecular weight is 504 g/mol. The van der Waals surface area contributed by atoms with E-state index >= 15 is 0 Å². The number of aliphatic hydroxyl groups is 1. The minimum absolute atomic E-state index is 0.188. The topological polar surface area (TPSA) is 90.4 Å². The fourth-order valence-electron chi connectivity index (χ4n) is 5.17. The number of carbonyl (C=O) groups is 3. The Bertz CT molecular complexity index is 1250. The number of ether oxygens (including phenoxy) is 1. The van der Waals surface area contributed by atoms with Crippen LogP contribution < -0.4 is 9.64 Å². The van der Waals surface area contributed by atoms with Gasteiger partial charge in [0.15, 0.2) is 5.54 Å². The molecule has 1 fully saturated rings. The van der Waals surface area contributed by atoms with E-state index in [2.05, 4.69) is 6.58 Å². The summed E-state index contributed by atoms with van der Waals surface area (Å²) in [6.45, 7) is 7.19. The fourth-order valence-corrected chi connectivity index (χ4v) is 5.17. The van der Waals surface area contributed by atoms with Crippen LogP contribution in [-0.4, -0.2) is 72.8 Å². The predicted octanol–water partition coefficient (Wildman–Crippen LogP) is 3.54. The Kier molecular flexibility index (Phi) is 7.50. The van der Waals surface area contributed by atoms with Crippen LogP contribution in [0, 0.1) is 0 Å². The minimum Gasteiger partial charge on any atom is -0.507 e. The molecule has 0 radical (unpaired) electrons. The first-order valence-corrected chi connectivity index (χ1v) is 12.5. The summed E-state index contributed by atoms with van der Waals surface area (Å²) in [6.07, 6.45) is 2.87. The van der Waals surface area contributed by atoms with Crippen LogP contribution in [0.2, 0.25) is 0 Å². The van der Waals surface area contributed by atoms with E-state index in [0.717, 1.165) is 0 Å². The summed E-state index contributed by atoms with van der Waals surface area (Å²) in [4.78, 5) is 46.3. The number of likely N-dealkylation sites (tertiary alicyclic amines) is 1. The summed E-state index contributed by atoms with van der Waals surface area (Å²) in [5.74, 6) is -1.87. The van der Waals surface area contributed by atoms with Crippen LogP contribution in [0.1, 0.15) is 30.9 Å². The maximum absolute atomic E-state index is 14.3. The molecule has 2 amide bonds. The Balaban J connectivity index is 1.92. The molecule has 1 atom stereocenters. The molecule has 8 heteroatoms. The van der Waals surface area contributed by atoms with Gasteiger partial charge in [-0.2, -0.15) is 0 Å². The highest BCUT2D eigenvalue weighted by Gasteiger charge is 2.66. The number of benzene rings is 2. The molecule has 0 bridgehead atoms. The van der Waals surface area contributed by atoms with Crippen molar-refractivity contribution in [1.82, 2.24) is 9.80 Å². The highest BCUT2D eigenvalue weighted by atomic mass is 16.5. The largest absolute Gasteiger partial charge is 0.507 e. The van der Waals surface area contributed by atoms with Crippen LogP contribution in [0.15, 0.2) is 66.8 Å². The van der Waals surface area contributed by atoms with E-state index in [4.69, 9.17) is 4.74 Å². The molecule has 1 N–H and O–H groups in total. The van der Waals surface area contributed by atoms with E-state index < -0.39 is 23.1 Å². The fraction of sp³-hybridized carbons (Fsp3) is 0.345. The van der Waals surface area contributed by atoms with E-state index in [9.17, 15) is 19.5 Å². The van der Waals surface area contributed by atoms with Crippen LogP contribution >= 0.6 is 0 Å². The molecule has 1 spiro atoms. The summed E-state index contributed by atoms with van der Waals surface area (Å²) in [6, 6.07) is 13.7. The van der Waals surface area contributed by atoms with Gasteiger partial charge < -0.3 is 24.5 Å². The van der Waals surface area contributed by atoms with Gasteiger partial charge in [-0.3, -0.25) is 14.4 Å². The van der Waals surface area contributed by atoms with Crippen molar-refractivity contribution in [2.24, 2.45) is 0 Å². The summed E-state index contributed by atoms with van der Waals surface area (Å²) < 4.78 is 5.52. The molecule has 2 aliphatic rings. The van der Waals surface area contributed by atoms with Crippen LogP contribution in [0.5, 0.6) is 5.75 Å². The molecule has 8 nitrogen and oxygen atoms in total. The van der Waals surface area contributed by atoms with E-state index in [1.54, 1.807) is 47.4 Å². The zero-order valence-corrected chi connectivity index (χ0v) is 21.6. The van der Waals surface area contributed by atoms with Gasteiger partial charge in [0.25, 0.3) is 17.6 Å². The lowest BCUT2D eigenvalue weighted by atomic mass is 9.82. The van der Waals surface area contributed by atoms with Crippen molar-refractivity contribution >= 4 is 29.0 Å². The molecule has 1 saturated heterocycles. The van der Waals surface area contributed by atoms with Gasteiger partial charge in [0.2, 0.25) is 0 Å². The highest BCUT2D eigenvalue weighted by Crippen LogP contribution is 2.53. The van der Waals surface area contributed by atoms with Crippen molar-refractivity contribution in [3.63, 3.8) is 0 Å². The van der Waals surface area contributed by atoms with Gasteiger partial charge in [-0.25, -0.2) is 0 Å². The van der Waals surface area contributed by atoms with Gasteiger partial charge in [0.1, 0.15) is 18.1 Å². The predicted molar refractivity (Wildman–Crippen MR) is 142 cm³/mol. The monoisotopic (exact) mass is 503 g/mol. The lowest BCUT2D eigenvalue weighted by Gasteiger charge is -2.34. The average Bonchev–Trinajstić information content (AvgIpc) is 3.26. The van der Waals surface area contributed by atoms with E-state index in [0.29, 0.717) is 55.1 Å². The number of aliphatic hydroxyl groups excluding tert-OH is 1. The van der Waals surface area contributed by atoms with Crippen molar-refractivity contribution < 1.29 is 24.2 Å². The Labute approximate surface area is 217 Å². The molecule has 2 aliphatic heterocycles. The quantitative estimate of drug-likeness (QED) is 0.231. The van der Waals surface area contributed by atoms with E-state index in [1.165, 1.54) is 4.90 Å². The second-order valence-electron chi connectivity index (χ2n) is 9.47. The van der Waals surface area contributed by atoms with Crippen LogP contribution in [-0.2, 0) is 19.9 Å². The first-order chi connectivity index (χ1) is 17.8. The van der Waals surface area contributed by atoms with Gasteiger partial charge in [-0.05, 0) is 63.8 Å². The van der Waals surface area contributed by atoms with E-state index in [1.807, 2.05) is 38.1 Å². The van der Waals surface area contributed by atoms with Gasteiger partial charge in [0.05, 0.1) is 11.3 Å². The lowest BCUT2D eigenvalue weighted by molar-refractivity contribution is -0.143. The first-order valence-electron chi connectivity index (χ1n) is 12.5. The van der Waals surface area contributed by atoms with Crippen molar-refractivity contribution in [3.05, 3.63) is 77.9 Å². The lowest BCUT2D eigenvalue weighted by Crippen LogP contribution is -2.52. The third-order valence-corrected chi connectivity index (χ3v) is 6.74. The number of Topliss-reactive ketones (excluding diaryl/α,β-unsaturated/α-hetero) is 1. The standard InChI is InChI=1S/C29H33N3O5/c1-5-16-31-23-11-8-7-10-22(23)29(28(31)36)24(26(34)27(35)32(29)18-9-17-30(3)4)25(33)20-12-14-21(15-13-20)37-19-6-2/h6-8,10-15,33H,2,5,9,16-19H2,1,3-4H3/b25-24+. The smallest absolute Gasteiger partial charge is 0.296 e. The maximum atomic E-state index is 14.3. The van der Waals surface area contributed by atoms with Crippen molar-refractivity contribution in [2.75, 3.05) is 45.2 Å². The number of nitrogens with zero attached hydrogens (tertiary/aromatic N) is 3. The van der Waals surface area contributed by atoms with Crippen LogP contribution in [0.25, 0.3) is 5.76 Å². The number of anilines is 1. The minimum atomic E-state index is -1.73. The third-order valence-electron chi connectivity index (χ3n) is 6.74.